The molecule has 3 aromatic heterocycles. The molecule has 0 bridgehead atoms. The molecule has 5 rings (SSSR count). The van der Waals surface area contributed by atoms with Gasteiger partial charge in [-0.25, -0.2) is 9.55 Å². The Morgan fingerprint density at radius 3 is 2.97 bits per heavy atom. The fourth-order valence-corrected chi connectivity index (χ4v) is 5.83. The highest BCUT2D eigenvalue weighted by atomic mass is 32.2. The number of nitrogen functional groups attached to an aromatic ring is 1. The number of aliphatic carboxylic acids is 1. The molecule has 35 heavy (non-hydrogen) atoms. The SMILES string of the molecule is CO/N=C(/C(=O)N[C@@H]1C(=O)N2C(C(=O)[O-])=C(C[n+]3cnn4ccccc43)CS[C@H]12)c1csc(N)n1. The maximum atomic E-state index is 13.0. The molecule has 0 saturated carbocycles. The summed E-state index contributed by atoms with van der Waals surface area (Å²) in [6.45, 7) is 0.216. The first-order valence-electron chi connectivity index (χ1n) is 10.2. The smallest absolute Gasteiger partial charge is 0.276 e. The summed E-state index contributed by atoms with van der Waals surface area (Å²) in [4.78, 5) is 47.8. The molecule has 180 valence electrons. The normalized spacial score (nSPS) is 20.0. The second-order valence-corrected chi connectivity index (χ2v) is 9.55. The lowest BCUT2D eigenvalue weighted by Gasteiger charge is -2.50. The maximum absolute atomic E-state index is 13.0. The Labute approximate surface area is 205 Å². The van der Waals surface area contributed by atoms with Gasteiger partial charge in [0.05, 0.1) is 18.2 Å². The number of anilines is 1. The van der Waals surface area contributed by atoms with Crippen molar-refractivity contribution in [3.8, 4) is 0 Å². The predicted octanol–water partition coefficient (Wildman–Crippen LogP) is -1.88. The number of hydrogen-bond acceptors (Lipinski definition) is 11. The van der Waals surface area contributed by atoms with Gasteiger partial charge in [-0.15, -0.1) is 23.1 Å². The molecule has 2 amide bonds. The van der Waals surface area contributed by atoms with Crippen LogP contribution in [0.4, 0.5) is 5.13 Å². The number of thioether (sulfide) groups is 1. The van der Waals surface area contributed by atoms with Crippen LogP contribution in [0.3, 0.4) is 0 Å². The van der Waals surface area contributed by atoms with Gasteiger partial charge in [-0.05, 0) is 11.6 Å². The fourth-order valence-electron chi connectivity index (χ4n) is 3.95. The zero-order chi connectivity index (χ0) is 24.7. The number of oxime groups is 1. The fraction of sp³-hybridized carbons (Fsp3) is 0.250. The molecule has 1 saturated heterocycles. The lowest BCUT2D eigenvalue weighted by molar-refractivity contribution is -0.664. The summed E-state index contributed by atoms with van der Waals surface area (Å²) >= 11 is 2.47. The number of nitrogens with two attached hydrogens (primary N) is 1. The number of β-lactam (4-membered cyclic amide) rings is 1. The maximum Gasteiger partial charge on any atom is 0.276 e. The Kier molecular flexibility index (Phi) is 5.86. The van der Waals surface area contributed by atoms with Crippen LogP contribution in [0.25, 0.3) is 5.65 Å². The molecular formula is C20H18N8O5S2. The van der Waals surface area contributed by atoms with Gasteiger partial charge in [0, 0.05) is 22.3 Å². The molecule has 5 heterocycles. The van der Waals surface area contributed by atoms with Crippen LogP contribution >= 0.6 is 23.1 Å². The largest absolute Gasteiger partial charge is 0.543 e. The Bertz CT molecular complexity index is 1410. The van der Waals surface area contributed by atoms with Gasteiger partial charge in [0.2, 0.25) is 0 Å². The van der Waals surface area contributed by atoms with Crippen molar-refractivity contribution >= 4 is 57.4 Å². The lowest BCUT2D eigenvalue weighted by Crippen LogP contribution is -2.71. The first-order valence-corrected chi connectivity index (χ1v) is 12.1. The molecule has 0 aliphatic carbocycles. The van der Waals surface area contributed by atoms with E-state index in [1.807, 2.05) is 18.2 Å². The summed E-state index contributed by atoms with van der Waals surface area (Å²) in [5.41, 5.74) is 6.78. The molecule has 0 spiro atoms. The number of nitrogens with zero attached hydrogens (tertiary/aromatic N) is 6. The molecule has 0 radical (unpaired) electrons. The zero-order valence-electron chi connectivity index (χ0n) is 18.2. The molecule has 2 aliphatic heterocycles. The quantitative estimate of drug-likeness (QED) is 0.158. The van der Waals surface area contributed by atoms with Gasteiger partial charge in [-0.1, -0.05) is 15.7 Å². The number of thiazole rings is 1. The number of carboxylic acids is 1. The van der Waals surface area contributed by atoms with Gasteiger partial charge in [-0.3, -0.25) is 14.5 Å². The van der Waals surface area contributed by atoms with Crippen molar-refractivity contribution in [1.82, 2.24) is 24.8 Å². The summed E-state index contributed by atoms with van der Waals surface area (Å²) in [5, 5.41) is 23.8. The van der Waals surface area contributed by atoms with Gasteiger partial charge in [0.15, 0.2) is 10.8 Å². The van der Waals surface area contributed by atoms with E-state index in [0.29, 0.717) is 11.3 Å². The number of rotatable bonds is 7. The van der Waals surface area contributed by atoms with Crippen molar-refractivity contribution < 1.29 is 28.9 Å². The number of aromatic nitrogens is 4. The van der Waals surface area contributed by atoms with E-state index in [4.69, 9.17) is 10.6 Å². The van der Waals surface area contributed by atoms with Gasteiger partial charge >= 0.3 is 0 Å². The van der Waals surface area contributed by atoms with E-state index in [2.05, 4.69) is 20.6 Å². The number of carbonyl (C=O) groups is 3. The van der Waals surface area contributed by atoms with E-state index in [9.17, 15) is 19.5 Å². The second-order valence-electron chi connectivity index (χ2n) is 7.56. The first kappa shape index (κ1) is 22.8. The monoisotopic (exact) mass is 514 g/mol. The summed E-state index contributed by atoms with van der Waals surface area (Å²) in [6, 6.07) is 4.57. The third-order valence-electron chi connectivity index (χ3n) is 5.48. The number of carbonyl (C=O) groups excluding carboxylic acids is 3. The summed E-state index contributed by atoms with van der Waals surface area (Å²) in [6.07, 6.45) is 3.37. The van der Waals surface area contributed by atoms with Gasteiger partial charge in [0.1, 0.15) is 30.4 Å². The minimum atomic E-state index is -1.46. The van der Waals surface area contributed by atoms with Gasteiger partial charge in [0.25, 0.3) is 23.8 Å². The minimum Gasteiger partial charge on any atom is -0.543 e. The number of pyridine rings is 1. The summed E-state index contributed by atoms with van der Waals surface area (Å²) in [7, 11) is 1.27. The zero-order valence-corrected chi connectivity index (χ0v) is 19.8. The third-order valence-corrected chi connectivity index (χ3v) is 7.49. The van der Waals surface area contributed by atoms with E-state index >= 15 is 0 Å². The summed E-state index contributed by atoms with van der Waals surface area (Å²) in [5.74, 6) is -2.39. The number of hydrogen-bond donors (Lipinski definition) is 2. The molecule has 0 unspecified atom stereocenters. The Morgan fingerprint density at radius 1 is 1.43 bits per heavy atom. The van der Waals surface area contributed by atoms with Gasteiger partial charge < -0.3 is 25.8 Å². The Balaban J connectivity index is 1.37. The molecule has 3 aromatic rings. The average molecular weight is 515 g/mol. The highest BCUT2D eigenvalue weighted by Gasteiger charge is 2.53. The predicted molar refractivity (Wildman–Crippen MR) is 123 cm³/mol. The van der Waals surface area contributed by atoms with Crippen LogP contribution in [0.5, 0.6) is 0 Å². The molecular weight excluding hydrogens is 496 g/mol. The van der Waals surface area contributed by atoms with Crippen LogP contribution < -0.4 is 20.7 Å². The molecule has 1 fully saturated rings. The molecule has 0 aromatic carbocycles. The standard InChI is InChI=1S/C20H18N8O5S2/c1-33-25-13(11-8-35-20(21)23-11)16(29)24-14-17(30)28-15(19(31)32)10(7-34-18(14)28)6-26-9-22-27-5-3-2-4-12(26)27/h2-5,8-9,14,18H,6-7H2,1H3,(H3-,21,23,24,29,31,32)/b25-13+/t14-,18-/m1/s1. The van der Waals surface area contributed by atoms with Crippen molar-refractivity contribution in [3.63, 3.8) is 0 Å². The van der Waals surface area contributed by atoms with Crippen LogP contribution in [-0.4, -0.2) is 67.3 Å². The topological polar surface area (TPSA) is 171 Å². The third kappa shape index (κ3) is 3.97. The van der Waals surface area contributed by atoms with Crippen LogP contribution in [-0.2, 0) is 25.8 Å². The lowest BCUT2D eigenvalue weighted by atomic mass is 10.0. The Hall–Kier alpha value is -3.98. The minimum absolute atomic E-state index is 0.145. The van der Waals surface area contributed by atoms with Crippen molar-refractivity contribution in [3.05, 3.63) is 53.1 Å². The van der Waals surface area contributed by atoms with E-state index in [1.165, 1.54) is 18.9 Å². The van der Waals surface area contributed by atoms with Crippen molar-refractivity contribution in [1.29, 1.82) is 0 Å². The molecule has 15 heteroatoms. The number of carboxylic acid groups (broad SMARTS) is 1. The molecule has 3 N–H and O–H groups in total. The first-order chi connectivity index (χ1) is 16.9. The van der Waals surface area contributed by atoms with Crippen molar-refractivity contribution in [2.75, 3.05) is 18.6 Å². The molecule has 13 nitrogen and oxygen atoms in total. The Morgan fingerprint density at radius 2 is 2.26 bits per heavy atom. The second kappa shape index (κ2) is 8.99. The van der Waals surface area contributed by atoms with Gasteiger partial charge in [-0.2, -0.15) is 0 Å². The highest BCUT2D eigenvalue weighted by Crippen LogP contribution is 2.40. The van der Waals surface area contributed by atoms with Crippen LogP contribution in [0.1, 0.15) is 5.69 Å². The van der Waals surface area contributed by atoms with Crippen molar-refractivity contribution in [2.45, 2.75) is 18.0 Å². The van der Waals surface area contributed by atoms with E-state index < -0.39 is 29.2 Å². The number of nitrogens with one attached hydrogen (secondary N) is 1. The van der Waals surface area contributed by atoms with E-state index in [0.717, 1.165) is 21.9 Å². The number of amides is 2. The van der Waals surface area contributed by atoms with Crippen LogP contribution in [0.2, 0.25) is 0 Å². The van der Waals surface area contributed by atoms with Crippen molar-refractivity contribution in [2.24, 2.45) is 5.16 Å². The average Bonchev–Trinajstić information content (AvgIpc) is 3.46. The number of fused-ring (bicyclic) bond motifs is 2. The molecule has 2 atom stereocenters. The van der Waals surface area contributed by atoms with Crippen LogP contribution in [0, 0.1) is 0 Å². The summed E-state index contributed by atoms with van der Waals surface area (Å²) < 4.78 is 3.45. The van der Waals surface area contributed by atoms with E-state index in [-0.39, 0.29) is 28.8 Å². The van der Waals surface area contributed by atoms with Crippen LogP contribution in [0.15, 0.2) is 52.5 Å². The highest BCUT2D eigenvalue weighted by molar-refractivity contribution is 8.00. The van der Waals surface area contributed by atoms with E-state index in [1.54, 1.807) is 27.0 Å². The molecule has 2 aliphatic rings.